The highest BCUT2D eigenvalue weighted by atomic mass is 32.2. The molecule has 3 N–H and O–H groups in total. The van der Waals surface area contributed by atoms with Gasteiger partial charge in [-0.15, -0.1) is 11.8 Å². The number of guanidine groups is 1. The average molecular weight is 403 g/mol. The summed E-state index contributed by atoms with van der Waals surface area (Å²) in [5.41, 5.74) is 0.847. The van der Waals surface area contributed by atoms with E-state index in [0.29, 0.717) is 17.6 Å². The fourth-order valence-corrected chi connectivity index (χ4v) is 3.44. The molecular formula is C21H30N4O2S. The summed E-state index contributed by atoms with van der Waals surface area (Å²) >= 11 is 1.82. The van der Waals surface area contributed by atoms with Gasteiger partial charge in [0.15, 0.2) is 11.7 Å². The number of benzene rings is 1. The van der Waals surface area contributed by atoms with Gasteiger partial charge in [-0.3, -0.25) is 9.79 Å². The molecule has 1 unspecified atom stereocenters. The molecule has 1 heterocycles. The monoisotopic (exact) mass is 402 g/mol. The summed E-state index contributed by atoms with van der Waals surface area (Å²) in [6, 6.07) is 12.1. The Kier molecular flexibility index (Phi) is 9.48. The highest BCUT2D eigenvalue weighted by molar-refractivity contribution is 8.00. The van der Waals surface area contributed by atoms with Gasteiger partial charge in [0.1, 0.15) is 0 Å². The summed E-state index contributed by atoms with van der Waals surface area (Å²) in [5, 5.41) is 9.83. The standard InChI is InChI=1S/C21H30N4O2S/c1-4-22-21(25-15-17(3)28-18-9-6-5-7-10-18)24-13-8-12-23-20(26)19-16(2)11-14-27-19/h5-7,9-11,14,17H,4,8,12-13,15H2,1-3H3,(H,23,26)(H2,22,24,25). The van der Waals surface area contributed by atoms with Crippen LogP contribution in [-0.4, -0.2) is 43.3 Å². The Hall–Kier alpha value is -2.41. The molecule has 2 rings (SSSR count). The van der Waals surface area contributed by atoms with E-state index in [1.54, 1.807) is 6.07 Å². The highest BCUT2D eigenvalue weighted by Gasteiger charge is 2.11. The summed E-state index contributed by atoms with van der Waals surface area (Å²) in [5.74, 6) is 1.01. The molecule has 6 nitrogen and oxygen atoms in total. The molecule has 0 aliphatic rings. The molecule has 1 aromatic heterocycles. The van der Waals surface area contributed by atoms with Crippen LogP contribution in [0.3, 0.4) is 0 Å². The van der Waals surface area contributed by atoms with Gasteiger partial charge in [-0.1, -0.05) is 25.1 Å². The fourth-order valence-electron chi connectivity index (χ4n) is 2.51. The van der Waals surface area contributed by atoms with Crippen LogP contribution in [0.5, 0.6) is 0 Å². The van der Waals surface area contributed by atoms with Gasteiger partial charge in [0.25, 0.3) is 5.91 Å². The molecule has 0 bridgehead atoms. The average Bonchev–Trinajstić information content (AvgIpc) is 3.12. The van der Waals surface area contributed by atoms with Crippen molar-refractivity contribution in [3.05, 3.63) is 54.0 Å². The van der Waals surface area contributed by atoms with Gasteiger partial charge in [0, 0.05) is 35.3 Å². The van der Waals surface area contributed by atoms with E-state index >= 15 is 0 Å². The Bertz CT molecular complexity index is 746. The Morgan fingerprint density at radius 2 is 1.89 bits per heavy atom. The molecule has 0 aliphatic carbocycles. The van der Waals surface area contributed by atoms with Crippen LogP contribution in [0.1, 0.15) is 36.4 Å². The number of amides is 1. The molecule has 0 fully saturated rings. The maximum Gasteiger partial charge on any atom is 0.287 e. The molecule has 1 amide bonds. The Morgan fingerprint density at radius 1 is 1.14 bits per heavy atom. The van der Waals surface area contributed by atoms with E-state index in [1.165, 1.54) is 11.2 Å². The lowest BCUT2D eigenvalue weighted by Crippen LogP contribution is -2.39. The lowest BCUT2D eigenvalue weighted by molar-refractivity contribution is 0.0925. The van der Waals surface area contributed by atoms with E-state index < -0.39 is 0 Å². The molecule has 0 spiro atoms. The first-order chi connectivity index (χ1) is 13.6. The summed E-state index contributed by atoms with van der Waals surface area (Å²) in [4.78, 5) is 17.9. The number of carbonyl (C=O) groups excluding carboxylic acids is 1. The largest absolute Gasteiger partial charge is 0.459 e. The molecule has 1 atom stereocenters. The Morgan fingerprint density at radius 3 is 2.57 bits per heavy atom. The molecule has 0 aliphatic heterocycles. The van der Waals surface area contributed by atoms with Crippen molar-refractivity contribution in [2.24, 2.45) is 4.99 Å². The van der Waals surface area contributed by atoms with Crippen molar-refractivity contribution in [3.63, 3.8) is 0 Å². The lowest BCUT2D eigenvalue weighted by atomic mass is 10.2. The van der Waals surface area contributed by atoms with Crippen molar-refractivity contribution in [1.29, 1.82) is 0 Å². The first kappa shape index (κ1) is 21.9. The van der Waals surface area contributed by atoms with Crippen molar-refractivity contribution in [2.45, 2.75) is 37.3 Å². The zero-order valence-corrected chi connectivity index (χ0v) is 17.6. The second-order valence-electron chi connectivity index (χ2n) is 6.43. The minimum absolute atomic E-state index is 0.171. The summed E-state index contributed by atoms with van der Waals surface area (Å²) in [7, 11) is 0. The van der Waals surface area contributed by atoms with Gasteiger partial charge in [0.2, 0.25) is 0 Å². The number of aryl methyl sites for hydroxylation is 1. The molecule has 2 aromatic rings. The van der Waals surface area contributed by atoms with E-state index in [-0.39, 0.29) is 5.91 Å². The lowest BCUT2D eigenvalue weighted by Gasteiger charge is -2.13. The Labute approximate surface area is 171 Å². The van der Waals surface area contributed by atoms with Crippen LogP contribution in [0.25, 0.3) is 0 Å². The molecular weight excluding hydrogens is 372 g/mol. The minimum Gasteiger partial charge on any atom is -0.459 e. The number of furan rings is 1. The number of thioether (sulfide) groups is 1. The number of hydrogen-bond acceptors (Lipinski definition) is 4. The molecule has 0 radical (unpaired) electrons. The second kappa shape index (κ2) is 12.1. The zero-order valence-electron chi connectivity index (χ0n) is 16.8. The smallest absolute Gasteiger partial charge is 0.287 e. The molecule has 1 aromatic carbocycles. The van der Waals surface area contributed by atoms with Crippen LogP contribution in [0.4, 0.5) is 0 Å². The number of nitrogens with one attached hydrogen (secondary N) is 3. The van der Waals surface area contributed by atoms with E-state index in [2.05, 4.69) is 52.1 Å². The van der Waals surface area contributed by atoms with E-state index in [9.17, 15) is 4.79 Å². The van der Waals surface area contributed by atoms with Crippen LogP contribution in [-0.2, 0) is 0 Å². The first-order valence-corrected chi connectivity index (χ1v) is 10.5. The van der Waals surface area contributed by atoms with Crippen LogP contribution >= 0.6 is 11.8 Å². The molecule has 28 heavy (non-hydrogen) atoms. The summed E-state index contributed by atoms with van der Waals surface area (Å²) in [6.07, 6.45) is 2.33. The van der Waals surface area contributed by atoms with E-state index in [1.807, 2.05) is 31.7 Å². The van der Waals surface area contributed by atoms with Gasteiger partial charge < -0.3 is 20.4 Å². The maximum atomic E-state index is 12.0. The predicted molar refractivity (Wildman–Crippen MR) is 116 cm³/mol. The second-order valence-corrected chi connectivity index (χ2v) is 7.94. The summed E-state index contributed by atoms with van der Waals surface area (Å²) < 4.78 is 5.19. The van der Waals surface area contributed by atoms with Crippen molar-refractivity contribution in [2.75, 3.05) is 26.2 Å². The SMILES string of the molecule is CCNC(=NCC(C)Sc1ccccc1)NCCCNC(=O)c1occc1C. The molecule has 0 saturated heterocycles. The third-order valence-electron chi connectivity index (χ3n) is 3.93. The quantitative estimate of drug-likeness (QED) is 0.246. The molecule has 0 saturated carbocycles. The summed E-state index contributed by atoms with van der Waals surface area (Å²) in [6.45, 7) is 8.91. The molecule has 152 valence electrons. The van der Waals surface area contributed by atoms with Crippen molar-refractivity contribution in [3.8, 4) is 0 Å². The number of nitrogens with zero attached hydrogens (tertiary/aromatic N) is 1. The number of aliphatic imine (C=N–C) groups is 1. The molecule has 7 heteroatoms. The maximum absolute atomic E-state index is 12.0. The van der Waals surface area contributed by atoms with Crippen molar-refractivity contribution < 1.29 is 9.21 Å². The third-order valence-corrected chi connectivity index (χ3v) is 5.03. The highest BCUT2D eigenvalue weighted by Crippen LogP contribution is 2.22. The van der Waals surface area contributed by atoms with Gasteiger partial charge in [-0.2, -0.15) is 0 Å². The predicted octanol–water partition coefficient (Wildman–Crippen LogP) is 3.44. The van der Waals surface area contributed by atoms with Crippen molar-refractivity contribution >= 4 is 23.6 Å². The fraction of sp³-hybridized carbons (Fsp3) is 0.429. The van der Waals surface area contributed by atoms with Crippen LogP contribution in [0.15, 0.2) is 57.0 Å². The van der Waals surface area contributed by atoms with Crippen molar-refractivity contribution in [1.82, 2.24) is 16.0 Å². The van der Waals surface area contributed by atoms with Crippen LogP contribution in [0, 0.1) is 6.92 Å². The number of carbonyl (C=O) groups is 1. The van der Waals surface area contributed by atoms with Gasteiger partial charge in [0.05, 0.1) is 12.8 Å². The first-order valence-electron chi connectivity index (χ1n) is 9.66. The number of hydrogen-bond donors (Lipinski definition) is 3. The normalized spacial score (nSPS) is 12.5. The third kappa shape index (κ3) is 7.68. The van der Waals surface area contributed by atoms with E-state index in [4.69, 9.17) is 4.42 Å². The van der Waals surface area contributed by atoms with Crippen LogP contribution in [0.2, 0.25) is 0 Å². The van der Waals surface area contributed by atoms with Gasteiger partial charge in [-0.25, -0.2) is 0 Å². The zero-order chi connectivity index (χ0) is 20.2. The Balaban J connectivity index is 1.69. The van der Waals surface area contributed by atoms with Gasteiger partial charge in [-0.05, 0) is 38.5 Å². The topological polar surface area (TPSA) is 78.7 Å². The van der Waals surface area contributed by atoms with E-state index in [0.717, 1.165) is 37.6 Å². The minimum atomic E-state index is -0.171. The van der Waals surface area contributed by atoms with Gasteiger partial charge >= 0.3 is 0 Å². The number of rotatable bonds is 10. The van der Waals surface area contributed by atoms with Crippen LogP contribution < -0.4 is 16.0 Å².